The van der Waals surface area contributed by atoms with E-state index in [4.69, 9.17) is 16.3 Å². The number of halogens is 2. The van der Waals surface area contributed by atoms with E-state index in [-0.39, 0.29) is 0 Å². The van der Waals surface area contributed by atoms with Crippen molar-refractivity contribution in [3.05, 3.63) is 49.6 Å². The van der Waals surface area contributed by atoms with E-state index in [0.717, 1.165) is 20.7 Å². The number of benzene rings is 1. The van der Waals surface area contributed by atoms with Crippen LogP contribution in [0.2, 0.25) is 4.34 Å². The van der Waals surface area contributed by atoms with E-state index in [2.05, 4.69) is 15.9 Å². The molecule has 0 bridgehead atoms. The first-order valence-corrected chi connectivity index (χ1v) is 7.34. The number of hydrogen-bond donors (Lipinski definition) is 1. The molecule has 0 radical (unpaired) electrons. The molecule has 0 aliphatic rings. The maximum atomic E-state index is 10.1. The van der Waals surface area contributed by atoms with Gasteiger partial charge in [-0.05, 0) is 39.7 Å². The van der Waals surface area contributed by atoms with Gasteiger partial charge in [0, 0.05) is 15.8 Å². The SMILES string of the molecule is COc1ccc(CC(O)c2cc(Br)c(Cl)s2)cc1. The molecule has 0 fully saturated rings. The van der Waals surface area contributed by atoms with Crippen molar-refractivity contribution in [3.8, 4) is 5.75 Å². The molecule has 1 atom stereocenters. The van der Waals surface area contributed by atoms with Crippen molar-refractivity contribution in [3.63, 3.8) is 0 Å². The molecule has 0 saturated heterocycles. The Morgan fingerprint density at radius 2 is 2.06 bits per heavy atom. The minimum atomic E-state index is -0.535. The molecule has 0 spiro atoms. The minimum absolute atomic E-state index is 0.535. The summed E-state index contributed by atoms with van der Waals surface area (Å²) in [4.78, 5) is 0.864. The summed E-state index contributed by atoms with van der Waals surface area (Å²) in [6.07, 6.45) is 0.0278. The van der Waals surface area contributed by atoms with Gasteiger partial charge in [-0.2, -0.15) is 0 Å². The van der Waals surface area contributed by atoms with Crippen LogP contribution in [0.1, 0.15) is 16.5 Å². The summed E-state index contributed by atoms with van der Waals surface area (Å²) in [5, 5.41) is 10.1. The molecule has 0 aliphatic carbocycles. The van der Waals surface area contributed by atoms with E-state index in [9.17, 15) is 5.11 Å². The van der Waals surface area contributed by atoms with Crippen LogP contribution in [0.4, 0.5) is 0 Å². The third-order valence-electron chi connectivity index (χ3n) is 2.58. The molecule has 1 unspecified atom stereocenters. The fraction of sp³-hybridized carbons (Fsp3) is 0.231. The highest BCUT2D eigenvalue weighted by Crippen LogP contribution is 2.36. The Balaban J connectivity index is 2.08. The van der Waals surface area contributed by atoms with E-state index in [1.54, 1.807) is 7.11 Å². The van der Waals surface area contributed by atoms with Gasteiger partial charge in [0.05, 0.1) is 13.2 Å². The van der Waals surface area contributed by atoms with Crippen LogP contribution >= 0.6 is 38.9 Å². The van der Waals surface area contributed by atoms with Crippen molar-refractivity contribution in [1.29, 1.82) is 0 Å². The maximum Gasteiger partial charge on any atom is 0.118 e. The van der Waals surface area contributed by atoms with Gasteiger partial charge in [0.2, 0.25) is 0 Å². The highest BCUT2D eigenvalue weighted by Gasteiger charge is 2.13. The predicted octanol–water partition coefficient (Wildman–Crippen LogP) is 4.45. The van der Waals surface area contributed by atoms with Crippen LogP contribution in [0.3, 0.4) is 0 Å². The molecule has 1 aromatic heterocycles. The Labute approximate surface area is 123 Å². The van der Waals surface area contributed by atoms with Crippen molar-refractivity contribution in [2.75, 3.05) is 7.11 Å². The molecule has 1 N–H and O–H groups in total. The zero-order valence-corrected chi connectivity index (χ0v) is 12.8. The molecule has 0 saturated carbocycles. The summed E-state index contributed by atoms with van der Waals surface area (Å²) in [6.45, 7) is 0. The van der Waals surface area contributed by atoms with Crippen LogP contribution in [-0.4, -0.2) is 12.2 Å². The Morgan fingerprint density at radius 1 is 1.39 bits per heavy atom. The molecule has 1 heterocycles. The second-order valence-electron chi connectivity index (χ2n) is 3.84. The molecule has 96 valence electrons. The quantitative estimate of drug-likeness (QED) is 0.885. The third kappa shape index (κ3) is 3.26. The van der Waals surface area contributed by atoms with E-state index >= 15 is 0 Å². The molecule has 1 aromatic carbocycles. The topological polar surface area (TPSA) is 29.5 Å². The van der Waals surface area contributed by atoms with Crippen LogP contribution in [0.5, 0.6) is 5.75 Å². The van der Waals surface area contributed by atoms with E-state index in [1.165, 1.54) is 11.3 Å². The Morgan fingerprint density at radius 3 is 2.56 bits per heavy atom. The summed E-state index contributed by atoms with van der Waals surface area (Å²) < 4.78 is 6.59. The Hall–Kier alpha value is -0.550. The number of rotatable bonds is 4. The zero-order chi connectivity index (χ0) is 13.1. The lowest BCUT2D eigenvalue weighted by Crippen LogP contribution is -1.99. The first-order chi connectivity index (χ1) is 8.60. The maximum absolute atomic E-state index is 10.1. The highest BCUT2D eigenvalue weighted by molar-refractivity contribution is 9.10. The molecule has 5 heteroatoms. The van der Waals surface area contributed by atoms with E-state index in [0.29, 0.717) is 10.8 Å². The molecular formula is C13H12BrClO2S. The van der Waals surface area contributed by atoms with Crippen LogP contribution in [0.25, 0.3) is 0 Å². The number of ether oxygens (including phenoxy) is 1. The van der Waals surface area contributed by atoms with Gasteiger partial charge in [-0.3, -0.25) is 0 Å². The average Bonchev–Trinajstić information content (AvgIpc) is 2.71. The molecule has 2 nitrogen and oxygen atoms in total. The van der Waals surface area contributed by atoms with Crippen molar-refractivity contribution in [2.45, 2.75) is 12.5 Å². The molecule has 0 aliphatic heterocycles. The minimum Gasteiger partial charge on any atom is -0.497 e. The second kappa shape index (κ2) is 6.06. The fourth-order valence-electron chi connectivity index (χ4n) is 1.61. The van der Waals surface area contributed by atoms with Crippen LogP contribution < -0.4 is 4.74 Å². The smallest absolute Gasteiger partial charge is 0.118 e. The van der Waals surface area contributed by atoms with Crippen LogP contribution in [0.15, 0.2) is 34.8 Å². The van der Waals surface area contributed by atoms with Crippen LogP contribution in [0, 0.1) is 0 Å². The fourth-order valence-corrected chi connectivity index (χ4v) is 3.34. The molecule has 0 amide bonds. The van der Waals surface area contributed by atoms with Gasteiger partial charge in [-0.1, -0.05) is 23.7 Å². The van der Waals surface area contributed by atoms with Gasteiger partial charge in [0.1, 0.15) is 10.1 Å². The van der Waals surface area contributed by atoms with Crippen molar-refractivity contribution in [2.24, 2.45) is 0 Å². The molecule has 2 aromatic rings. The lowest BCUT2D eigenvalue weighted by molar-refractivity contribution is 0.182. The van der Waals surface area contributed by atoms with Gasteiger partial charge in [-0.15, -0.1) is 11.3 Å². The predicted molar refractivity (Wildman–Crippen MR) is 78.7 cm³/mol. The normalized spacial score (nSPS) is 12.4. The average molecular weight is 348 g/mol. The number of thiophene rings is 1. The van der Waals surface area contributed by atoms with Crippen molar-refractivity contribution in [1.82, 2.24) is 0 Å². The lowest BCUT2D eigenvalue weighted by Gasteiger charge is -2.09. The number of methoxy groups -OCH3 is 1. The number of aliphatic hydroxyl groups is 1. The lowest BCUT2D eigenvalue weighted by atomic mass is 10.1. The third-order valence-corrected chi connectivity index (χ3v) is 5.16. The molecule has 2 rings (SSSR count). The summed E-state index contributed by atoms with van der Waals surface area (Å²) in [5.41, 5.74) is 1.06. The second-order valence-corrected chi connectivity index (χ2v) is 6.38. The van der Waals surface area contributed by atoms with Gasteiger partial charge in [0.25, 0.3) is 0 Å². The van der Waals surface area contributed by atoms with Crippen molar-refractivity contribution < 1.29 is 9.84 Å². The Bertz CT molecular complexity index is 505. The van der Waals surface area contributed by atoms with E-state index in [1.807, 2.05) is 30.3 Å². The van der Waals surface area contributed by atoms with Gasteiger partial charge in [-0.25, -0.2) is 0 Å². The number of hydrogen-bond acceptors (Lipinski definition) is 3. The first-order valence-electron chi connectivity index (χ1n) is 5.36. The van der Waals surface area contributed by atoms with Gasteiger partial charge < -0.3 is 9.84 Å². The summed E-state index contributed by atoms with van der Waals surface area (Å²) in [7, 11) is 1.63. The van der Waals surface area contributed by atoms with Crippen molar-refractivity contribution >= 4 is 38.9 Å². The van der Waals surface area contributed by atoms with Gasteiger partial charge >= 0.3 is 0 Å². The number of aliphatic hydroxyl groups excluding tert-OH is 1. The van der Waals surface area contributed by atoms with Gasteiger partial charge in [0.15, 0.2) is 0 Å². The van der Waals surface area contributed by atoms with Crippen LogP contribution in [-0.2, 0) is 6.42 Å². The largest absolute Gasteiger partial charge is 0.497 e. The zero-order valence-electron chi connectivity index (χ0n) is 9.69. The Kier molecular flexibility index (Phi) is 4.67. The standard InChI is InChI=1S/C13H12BrClO2S/c1-17-9-4-2-8(3-5-9)6-11(16)12-7-10(14)13(15)18-12/h2-5,7,11,16H,6H2,1H3. The summed E-state index contributed by atoms with van der Waals surface area (Å²) >= 11 is 10.7. The summed E-state index contributed by atoms with van der Waals surface area (Å²) in [6, 6.07) is 9.54. The summed E-state index contributed by atoms with van der Waals surface area (Å²) in [5.74, 6) is 0.815. The first kappa shape index (κ1) is 13.9. The monoisotopic (exact) mass is 346 g/mol. The van der Waals surface area contributed by atoms with E-state index < -0.39 is 6.10 Å². The molecular weight excluding hydrogens is 336 g/mol. The molecule has 18 heavy (non-hydrogen) atoms. The highest BCUT2D eigenvalue weighted by atomic mass is 79.9.